The summed E-state index contributed by atoms with van der Waals surface area (Å²) in [5.74, 6) is 1.04. The van der Waals surface area contributed by atoms with Crippen molar-refractivity contribution in [2.75, 3.05) is 24.5 Å². The lowest BCUT2D eigenvalue weighted by Gasteiger charge is -2.42. The van der Waals surface area contributed by atoms with Crippen LogP contribution in [0.1, 0.15) is 41.6 Å². The van der Waals surface area contributed by atoms with Crippen molar-refractivity contribution in [1.29, 1.82) is 0 Å². The minimum atomic E-state index is -0.0598. The second-order valence-corrected chi connectivity index (χ2v) is 10.2. The van der Waals surface area contributed by atoms with E-state index < -0.39 is 0 Å². The van der Waals surface area contributed by atoms with Gasteiger partial charge >= 0.3 is 0 Å². The molecule has 2 atom stereocenters. The molecule has 0 aliphatic carbocycles. The molecule has 2 unspecified atom stereocenters. The fourth-order valence-corrected chi connectivity index (χ4v) is 5.84. The first kappa shape index (κ1) is 20.9. The second-order valence-electron chi connectivity index (χ2n) is 9.25. The predicted octanol–water partition coefficient (Wildman–Crippen LogP) is 3.98. The Hall–Kier alpha value is -2.93. The minimum Gasteiger partial charge on any atom is -0.351 e. The lowest BCUT2D eigenvalue weighted by molar-refractivity contribution is 0.0953. The van der Waals surface area contributed by atoms with Gasteiger partial charge in [-0.15, -0.1) is 0 Å². The van der Waals surface area contributed by atoms with Crippen LogP contribution in [0.4, 0.5) is 5.13 Å². The molecule has 2 bridgehead atoms. The van der Waals surface area contributed by atoms with E-state index >= 15 is 0 Å². The Morgan fingerprint density at radius 3 is 2.72 bits per heavy atom. The molecule has 1 amide bonds. The highest BCUT2D eigenvalue weighted by Crippen LogP contribution is 2.40. The molecule has 2 aliphatic rings. The number of nitrogens with zero attached hydrogens (tertiary/aromatic N) is 3. The zero-order chi connectivity index (χ0) is 22.2. The molecule has 3 aromatic rings. The molecule has 4 heterocycles. The number of hydrogen-bond acceptors (Lipinski definition) is 5. The van der Waals surface area contributed by atoms with Crippen LogP contribution < -0.4 is 15.8 Å². The van der Waals surface area contributed by atoms with Crippen molar-refractivity contribution in [2.45, 2.75) is 32.7 Å². The maximum absolute atomic E-state index is 13.0. The minimum absolute atomic E-state index is 0.0598. The first-order valence-electron chi connectivity index (χ1n) is 11.3. The number of rotatable bonds is 5. The van der Waals surface area contributed by atoms with Crippen LogP contribution in [-0.2, 0) is 6.54 Å². The predicted molar refractivity (Wildman–Crippen MR) is 128 cm³/mol. The summed E-state index contributed by atoms with van der Waals surface area (Å²) >= 11 is 1.48. The molecular weight excluding hydrogens is 420 g/mol. The summed E-state index contributed by atoms with van der Waals surface area (Å²) in [5.41, 5.74) is 2.92. The highest BCUT2D eigenvalue weighted by atomic mass is 32.1. The molecule has 2 aliphatic heterocycles. The highest BCUT2D eigenvalue weighted by Gasteiger charge is 2.36. The molecule has 1 aromatic carbocycles. The van der Waals surface area contributed by atoms with Crippen LogP contribution in [0.5, 0.6) is 0 Å². The molecule has 1 N–H and O–H groups in total. The van der Waals surface area contributed by atoms with Gasteiger partial charge in [-0.2, -0.15) is 0 Å². The maximum atomic E-state index is 13.0. The van der Waals surface area contributed by atoms with Crippen molar-refractivity contribution in [1.82, 2.24) is 14.9 Å². The first-order valence-corrected chi connectivity index (χ1v) is 12.1. The van der Waals surface area contributed by atoms with Gasteiger partial charge in [-0.25, -0.2) is 4.98 Å². The van der Waals surface area contributed by atoms with Crippen molar-refractivity contribution in [2.24, 2.45) is 11.8 Å². The van der Waals surface area contributed by atoms with Gasteiger partial charge in [0.2, 0.25) is 0 Å². The maximum Gasteiger partial charge on any atom is 0.263 e. The molecule has 1 fully saturated rings. The van der Waals surface area contributed by atoms with Crippen molar-refractivity contribution in [3.05, 3.63) is 69.5 Å². The van der Waals surface area contributed by atoms with Crippen LogP contribution in [0.3, 0.4) is 0 Å². The Bertz CT molecular complexity index is 1180. The third-order valence-electron chi connectivity index (χ3n) is 6.29. The van der Waals surface area contributed by atoms with Crippen molar-refractivity contribution < 1.29 is 4.79 Å². The van der Waals surface area contributed by atoms with Gasteiger partial charge in [-0.05, 0) is 24.3 Å². The van der Waals surface area contributed by atoms with Crippen LogP contribution in [-0.4, -0.2) is 35.1 Å². The largest absolute Gasteiger partial charge is 0.351 e. The van der Waals surface area contributed by atoms with Crippen LogP contribution in [0, 0.1) is 11.8 Å². The molecule has 0 spiro atoms. The molecule has 1 saturated heterocycles. The molecule has 2 aromatic heterocycles. The third kappa shape index (κ3) is 3.97. The van der Waals surface area contributed by atoms with Crippen LogP contribution in [0.2, 0.25) is 0 Å². The lowest BCUT2D eigenvalue weighted by atomic mass is 9.83. The monoisotopic (exact) mass is 448 g/mol. The van der Waals surface area contributed by atoms with E-state index in [4.69, 9.17) is 4.98 Å². The normalized spacial score (nSPS) is 19.7. The molecule has 7 heteroatoms. The van der Waals surface area contributed by atoms with E-state index in [1.54, 1.807) is 6.07 Å². The fourth-order valence-electron chi connectivity index (χ4n) is 4.82. The summed E-state index contributed by atoms with van der Waals surface area (Å²) in [5, 5.41) is 3.95. The average molecular weight is 449 g/mol. The molecule has 0 saturated carbocycles. The van der Waals surface area contributed by atoms with Crippen molar-refractivity contribution >= 4 is 22.4 Å². The number of nitrogens with one attached hydrogen (secondary N) is 1. The van der Waals surface area contributed by atoms with Crippen LogP contribution in [0.15, 0.2) is 53.3 Å². The van der Waals surface area contributed by atoms with Gasteiger partial charge in [0.25, 0.3) is 11.5 Å². The zero-order valence-corrected chi connectivity index (χ0v) is 19.3. The van der Waals surface area contributed by atoms with Gasteiger partial charge in [-0.3, -0.25) is 9.59 Å². The SMILES string of the molecule is CC(C)CNC(=O)c1sc(N2CC3CC(C2)c2cccc(=O)n2C3)nc1-c1ccccc1. The average Bonchev–Trinajstić information content (AvgIpc) is 3.24. The highest BCUT2D eigenvalue weighted by molar-refractivity contribution is 7.18. The van der Waals surface area contributed by atoms with Gasteiger partial charge in [0.1, 0.15) is 4.88 Å². The number of pyridine rings is 1. The van der Waals surface area contributed by atoms with Crippen LogP contribution >= 0.6 is 11.3 Å². The van der Waals surface area contributed by atoms with Gasteiger partial charge in [0.05, 0.1) is 5.69 Å². The van der Waals surface area contributed by atoms with Gasteiger partial charge in [0.15, 0.2) is 5.13 Å². The molecule has 32 heavy (non-hydrogen) atoms. The number of benzene rings is 1. The number of amides is 1. The van der Waals surface area contributed by atoms with E-state index in [0.29, 0.717) is 29.2 Å². The summed E-state index contributed by atoms with van der Waals surface area (Å²) < 4.78 is 1.94. The summed E-state index contributed by atoms with van der Waals surface area (Å²) in [6.07, 6.45) is 1.10. The Balaban J connectivity index is 1.48. The first-order chi connectivity index (χ1) is 15.5. The Morgan fingerprint density at radius 2 is 1.94 bits per heavy atom. The van der Waals surface area contributed by atoms with E-state index in [0.717, 1.165) is 48.1 Å². The molecule has 5 rings (SSSR count). The number of anilines is 1. The third-order valence-corrected chi connectivity index (χ3v) is 7.41. The lowest BCUT2D eigenvalue weighted by Crippen LogP contribution is -2.47. The van der Waals surface area contributed by atoms with E-state index in [1.807, 2.05) is 41.0 Å². The zero-order valence-electron chi connectivity index (χ0n) is 18.5. The quantitative estimate of drug-likeness (QED) is 0.641. The van der Waals surface area contributed by atoms with E-state index in [9.17, 15) is 9.59 Å². The Labute approximate surface area is 191 Å². The molecular formula is C25H28N4O2S. The number of carbonyl (C=O) groups is 1. The van der Waals surface area contributed by atoms with Gasteiger partial charge in [-0.1, -0.05) is 61.6 Å². The Morgan fingerprint density at radius 1 is 1.12 bits per heavy atom. The number of hydrogen-bond donors (Lipinski definition) is 1. The summed E-state index contributed by atoms with van der Waals surface area (Å²) in [4.78, 5) is 33.3. The fraction of sp³-hybridized carbons (Fsp3) is 0.400. The van der Waals surface area contributed by atoms with E-state index in [1.165, 1.54) is 11.3 Å². The Kier molecular flexibility index (Phi) is 5.59. The van der Waals surface area contributed by atoms with Crippen molar-refractivity contribution in [3.63, 3.8) is 0 Å². The number of aromatic nitrogens is 2. The van der Waals surface area contributed by atoms with Gasteiger partial charge in [0, 0.05) is 49.4 Å². The standard InChI is InChI=1S/C25H28N4O2S/c1-16(2)12-26-24(31)23-22(18-7-4-3-5-8-18)27-25(32-23)28-13-17-11-19(15-28)20-9-6-10-21(30)29(20)14-17/h3-10,16-17,19H,11-15H2,1-2H3,(H,26,31). The van der Waals surface area contributed by atoms with Gasteiger partial charge < -0.3 is 14.8 Å². The molecule has 0 radical (unpaired) electrons. The molecule has 6 nitrogen and oxygen atoms in total. The number of carbonyl (C=O) groups excluding carboxylic acids is 1. The van der Waals surface area contributed by atoms with Crippen molar-refractivity contribution in [3.8, 4) is 11.3 Å². The van der Waals surface area contributed by atoms with E-state index in [2.05, 4.69) is 30.1 Å². The number of piperidine rings is 1. The molecule has 166 valence electrons. The van der Waals surface area contributed by atoms with E-state index in [-0.39, 0.29) is 11.5 Å². The summed E-state index contributed by atoms with van der Waals surface area (Å²) in [7, 11) is 0. The smallest absolute Gasteiger partial charge is 0.263 e. The number of thiazole rings is 1. The summed E-state index contributed by atoms with van der Waals surface area (Å²) in [6, 6.07) is 15.5. The topological polar surface area (TPSA) is 67.2 Å². The summed E-state index contributed by atoms with van der Waals surface area (Å²) in [6.45, 7) is 7.24. The van der Waals surface area contributed by atoms with Crippen LogP contribution in [0.25, 0.3) is 11.3 Å². The second kappa shape index (κ2) is 8.54. The number of fused-ring (bicyclic) bond motifs is 4.